The number of amides is 20. The first-order valence-corrected chi connectivity index (χ1v) is 43.7. The molecule has 0 aliphatic carbocycles. The van der Waals surface area contributed by atoms with Gasteiger partial charge >= 0.3 is 0 Å². The monoisotopic (exact) mass is 1840 g/mol. The Morgan fingerprint density at radius 2 is 0.914 bits per heavy atom. The molecule has 0 aliphatic heterocycles. The van der Waals surface area contributed by atoms with Crippen LogP contribution in [0.15, 0.2) is 43.0 Å². The Hall–Kier alpha value is -12.7. The van der Waals surface area contributed by atoms with E-state index in [2.05, 4.69) is 118 Å². The van der Waals surface area contributed by atoms with Crippen molar-refractivity contribution in [2.45, 2.75) is 224 Å². The van der Waals surface area contributed by atoms with Gasteiger partial charge in [-0.15, -0.1) is 0 Å². The topological polar surface area (TPSA) is 770 Å². The molecule has 2 aromatic heterocycles. The van der Waals surface area contributed by atoms with E-state index in [1.165, 1.54) is 31.2 Å². The summed E-state index contributed by atoms with van der Waals surface area (Å²) in [6, 6.07) is -10.3. The summed E-state index contributed by atoms with van der Waals surface area (Å²) in [6.45, 7) is 9.11. The number of imidazole rings is 1. The number of carbonyl (C=O) groups is 20. The number of unbranched alkanes of at least 4 members (excludes halogenated alkanes) is 2. The highest BCUT2D eigenvalue weighted by Crippen LogP contribution is 2.21. The van der Waals surface area contributed by atoms with Crippen LogP contribution in [0.1, 0.15) is 150 Å². The minimum Gasteiger partial charge on any atom is -0.370 e. The number of hydrogen-bond donors (Lipinski definition) is 27. The average Bonchev–Trinajstić information content (AvgIpc) is 1.72. The maximum absolute atomic E-state index is 14.6. The zero-order valence-electron chi connectivity index (χ0n) is 73.1. The van der Waals surface area contributed by atoms with Crippen molar-refractivity contribution < 1.29 is 95.9 Å². The van der Waals surface area contributed by atoms with E-state index in [-0.39, 0.29) is 101 Å². The number of thioether (sulfide) groups is 1. The molecule has 0 saturated heterocycles. The van der Waals surface area contributed by atoms with E-state index in [9.17, 15) is 95.9 Å². The van der Waals surface area contributed by atoms with Gasteiger partial charge in [-0.2, -0.15) is 24.4 Å². The molecule has 1 aromatic carbocycles. The van der Waals surface area contributed by atoms with Gasteiger partial charge in [0.05, 0.1) is 38.9 Å². The second-order valence-corrected chi connectivity index (χ2v) is 32.8. The van der Waals surface area contributed by atoms with Crippen LogP contribution in [0.3, 0.4) is 0 Å². The third-order valence-corrected chi connectivity index (χ3v) is 20.3. The van der Waals surface area contributed by atoms with Crippen molar-refractivity contribution in [2.75, 3.05) is 57.0 Å². The highest BCUT2D eigenvalue weighted by atomic mass is 32.2. The molecule has 2 heterocycles. The molecule has 0 bridgehead atoms. The van der Waals surface area contributed by atoms with Crippen LogP contribution in [0.5, 0.6) is 0 Å². The highest BCUT2D eigenvalue weighted by Gasteiger charge is 2.37. The quantitative estimate of drug-likeness (QED) is 0.0108. The number of fused-ring (bicyclic) bond motifs is 1. The van der Waals surface area contributed by atoms with Gasteiger partial charge in [-0.3, -0.25) is 101 Å². The first-order valence-electron chi connectivity index (χ1n) is 41.7. The fourth-order valence-electron chi connectivity index (χ4n) is 12.6. The average molecular weight is 1840 g/mol. The number of guanidine groups is 1. The van der Waals surface area contributed by atoms with E-state index in [0.717, 1.165) is 0 Å². The zero-order valence-corrected chi connectivity index (χ0v) is 74.8. The molecule has 49 heteroatoms. The molecule has 0 radical (unpaired) electrons. The molecule has 0 spiro atoms. The van der Waals surface area contributed by atoms with Gasteiger partial charge in [0, 0.05) is 79.9 Å². The first kappa shape index (κ1) is 109. The van der Waals surface area contributed by atoms with Crippen LogP contribution in [0.25, 0.3) is 10.9 Å². The van der Waals surface area contributed by atoms with Crippen LogP contribution < -0.4 is 125 Å². The predicted molar refractivity (Wildman–Crippen MR) is 472 cm³/mol. The van der Waals surface area contributed by atoms with Gasteiger partial charge in [-0.05, 0) is 106 Å². The van der Waals surface area contributed by atoms with Gasteiger partial charge in [-0.25, -0.2) is 4.98 Å². The molecule has 3 rings (SSSR count). The molecule has 0 saturated carbocycles. The molecular weight excluding hydrogens is 1710 g/mol. The Labute approximate surface area is 749 Å². The summed E-state index contributed by atoms with van der Waals surface area (Å²) in [5.41, 5.74) is 34.2. The van der Waals surface area contributed by atoms with Crippen LogP contribution in [0.4, 0.5) is 0 Å². The summed E-state index contributed by atoms with van der Waals surface area (Å²) in [4.78, 5) is 278. The summed E-state index contributed by atoms with van der Waals surface area (Å²) in [5, 5.41) is 50.8. The minimum atomic E-state index is -1.91. The van der Waals surface area contributed by atoms with Crippen molar-refractivity contribution in [1.82, 2.24) is 105 Å². The van der Waals surface area contributed by atoms with E-state index in [4.69, 9.17) is 39.8 Å². The van der Waals surface area contributed by atoms with Gasteiger partial charge in [0.2, 0.25) is 118 Å². The Bertz CT molecular complexity index is 4300. The predicted octanol–water partition coefficient (Wildman–Crippen LogP) is -7.92. The molecule has 0 unspecified atom stereocenters. The number of benzene rings is 1. The van der Waals surface area contributed by atoms with Gasteiger partial charge in [-0.1, -0.05) is 66.2 Å². The molecular formula is C79H127N27O20S2. The van der Waals surface area contributed by atoms with Crippen LogP contribution in [-0.2, 0) is 109 Å². The standard InChI is InChI=1S/C79H127N27O20S2/c1-40(2)27-52(103-71(119)49(17-14-25-89-79(85)86)101-72(120)50(19-21-58(81)107)96-61(110)18-10-9-13-24-88-70(118)57(38-127)99-63(112)35-91-62(111)32-80)69(117)92-36-64(113)98-56(31-60(83)109)77(125)102-51(20-22-59(82)108)73(121)105-54(29-44-33-90-47-16-12-11-15-46(44)47)74(122)95-43(7)68(116)106-66(42(5)6)78(126)93-37-65(114)97-55(30-45-34-87-39-94-45)76(124)104-53(28-41(3)4)75(123)100-48(67(84)115)23-26-128-8/h11-12,15-16,33-34,39-43,48-57,66,90,127H,9-10,13-14,17-32,35-38,80H2,1-8H3,(H2,81,107)(H2,82,108)(H2,83,109)(H2,84,115)(H,87,94)(H,88,118)(H,91,111)(H,92,117)(H,93,126)(H,95,122)(H,96,110)(H,97,114)(H,98,113)(H,99,112)(H,100,123)(H,101,120)(H,102,125)(H,103,119)(H,104,124)(H,105,121)(H,106,116)(H4,85,86,89)/t43-,48-,49-,50-,51-,52-,53-,54-,55-,56-,57-,66-/m0/s1. The SMILES string of the molecule is CSCC[C@H](NC(=O)[C@H](CC(C)C)NC(=O)[C@H](Cc1cnc[nH]1)NC(=O)CNC(=O)[C@@H](NC(=O)[C@H](C)NC(=O)[C@H](Cc1c[nH]c2ccccc12)NC(=O)[C@H](CCC(N)=O)NC(=O)[C@H](CC(N)=O)NC(=O)CNC(=O)[C@H](CC(C)C)NC(=O)[C@H](CCCNC(=N)N)NC(=O)[C@H](CCC(N)=O)NC(=O)CCCCCNC(=O)[C@H](CS)NC(=O)CNC(=O)CN)C(C)C)C(N)=O. The number of carbonyl (C=O) groups excluding carboxylic acids is 20. The minimum absolute atomic E-state index is 0.0155. The molecule has 0 aliphatic rings. The summed E-state index contributed by atoms with van der Waals surface area (Å²) >= 11 is 5.54. The van der Waals surface area contributed by atoms with E-state index in [0.29, 0.717) is 40.8 Å². The number of rotatable bonds is 62. The lowest BCUT2D eigenvalue weighted by molar-refractivity contribution is -0.136. The lowest BCUT2D eigenvalue weighted by Crippen LogP contribution is -2.60. The first-order chi connectivity index (χ1) is 60.4. The molecule has 12 atom stereocenters. The van der Waals surface area contributed by atoms with Crippen molar-refractivity contribution in [3.63, 3.8) is 0 Å². The lowest BCUT2D eigenvalue weighted by atomic mass is 10.0. The molecule has 20 amide bonds. The number of thiol groups is 1. The number of para-hydroxylation sites is 1. The number of nitrogens with two attached hydrogens (primary N) is 6. The number of aromatic amines is 2. The van der Waals surface area contributed by atoms with E-state index in [1.807, 2.05) is 20.1 Å². The molecule has 128 heavy (non-hydrogen) atoms. The second-order valence-electron chi connectivity index (χ2n) is 31.5. The van der Waals surface area contributed by atoms with Crippen LogP contribution in [-0.4, -0.2) is 269 Å². The third-order valence-electron chi connectivity index (χ3n) is 19.3. The van der Waals surface area contributed by atoms with Crippen molar-refractivity contribution in [2.24, 2.45) is 52.2 Å². The molecule has 47 nitrogen and oxygen atoms in total. The van der Waals surface area contributed by atoms with Crippen LogP contribution >= 0.6 is 24.4 Å². The van der Waals surface area contributed by atoms with E-state index < -0.39 is 248 Å². The summed E-state index contributed by atoms with van der Waals surface area (Å²) in [7, 11) is 0. The normalized spacial score (nSPS) is 13.9. The third kappa shape index (κ3) is 42.5. The van der Waals surface area contributed by atoms with Gasteiger partial charge < -0.3 is 135 Å². The molecule has 3 aromatic rings. The summed E-state index contributed by atoms with van der Waals surface area (Å²) < 4.78 is 0. The fraction of sp³-hybridized carbons (Fsp3) is 0.595. The van der Waals surface area contributed by atoms with Gasteiger partial charge in [0.15, 0.2) is 5.96 Å². The maximum atomic E-state index is 14.6. The molecule has 710 valence electrons. The number of hydrogen-bond acceptors (Lipinski definition) is 25. The smallest absolute Gasteiger partial charge is 0.243 e. The molecule has 0 fully saturated rings. The van der Waals surface area contributed by atoms with Crippen molar-refractivity contribution in [1.29, 1.82) is 5.41 Å². The number of nitrogens with one attached hydrogen (secondary N) is 20. The zero-order chi connectivity index (χ0) is 95.9. The van der Waals surface area contributed by atoms with E-state index in [1.54, 1.807) is 58.2 Å². The number of aromatic nitrogens is 3. The van der Waals surface area contributed by atoms with Crippen LogP contribution in [0, 0.1) is 23.2 Å². The number of primary amides is 4. The van der Waals surface area contributed by atoms with Gasteiger partial charge in [0.25, 0.3) is 0 Å². The molecule has 32 N–H and O–H groups in total. The van der Waals surface area contributed by atoms with Crippen molar-refractivity contribution >= 4 is 159 Å². The van der Waals surface area contributed by atoms with Crippen molar-refractivity contribution in [3.05, 3.63) is 54.2 Å². The van der Waals surface area contributed by atoms with E-state index >= 15 is 0 Å². The Morgan fingerprint density at radius 3 is 1.45 bits per heavy atom. The largest absolute Gasteiger partial charge is 0.370 e. The van der Waals surface area contributed by atoms with Gasteiger partial charge in [0.1, 0.15) is 72.5 Å². The van der Waals surface area contributed by atoms with Crippen LogP contribution in [0.2, 0.25) is 0 Å². The summed E-state index contributed by atoms with van der Waals surface area (Å²) in [6.07, 6.45) is 3.88. The Kier molecular flexibility index (Phi) is 49.5. The fourth-order valence-corrected chi connectivity index (χ4v) is 13.3. The van der Waals surface area contributed by atoms with Crippen molar-refractivity contribution in [3.8, 4) is 0 Å². The number of H-pyrrole nitrogens is 2. The highest BCUT2D eigenvalue weighted by molar-refractivity contribution is 7.98. The summed E-state index contributed by atoms with van der Waals surface area (Å²) in [5.74, 6) is -18.9. The lowest BCUT2D eigenvalue weighted by Gasteiger charge is -2.27. The Balaban J connectivity index is 1.81. The maximum Gasteiger partial charge on any atom is 0.243 e. The number of nitrogens with zero attached hydrogens (tertiary/aromatic N) is 1. The Morgan fingerprint density at radius 1 is 0.438 bits per heavy atom. The second kappa shape index (κ2) is 57.8.